The molecule has 0 fully saturated rings. The molecule has 2 aromatic carbocycles. The van der Waals surface area contributed by atoms with Crippen molar-refractivity contribution in [2.75, 3.05) is 5.32 Å². The Balaban J connectivity index is 1.48. The number of aromatic nitrogens is 2. The number of esters is 1. The summed E-state index contributed by atoms with van der Waals surface area (Å²) in [5.74, 6) is -0.199. The summed E-state index contributed by atoms with van der Waals surface area (Å²) in [6, 6.07) is 14.4. The van der Waals surface area contributed by atoms with Crippen LogP contribution >= 0.6 is 11.6 Å². The zero-order valence-corrected chi connectivity index (χ0v) is 16.8. The molecule has 150 valence electrons. The van der Waals surface area contributed by atoms with E-state index in [4.69, 9.17) is 20.9 Å². The third kappa shape index (κ3) is 5.89. The van der Waals surface area contributed by atoms with Gasteiger partial charge in [0.25, 0.3) is 5.91 Å². The van der Waals surface area contributed by atoms with Gasteiger partial charge in [-0.25, -0.2) is 0 Å². The van der Waals surface area contributed by atoms with E-state index in [2.05, 4.69) is 15.5 Å². The van der Waals surface area contributed by atoms with Gasteiger partial charge in [-0.05, 0) is 55.8 Å². The number of anilines is 1. The molecular weight excluding hydrogens is 394 g/mol. The molecule has 0 aliphatic carbocycles. The molecule has 8 heteroatoms. The van der Waals surface area contributed by atoms with Crippen LogP contribution in [0.25, 0.3) is 11.4 Å². The fourth-order valence-electron chi connectivity index (χ4n) is 2.56. The second kappa shape index (κ2) is 9.34. The van der Waals surface area contributed by atoms with Crippen molar-refractivity contribution in [3.05, 3.63) is 65.0 Å². The van der Waals surface area contributed by atoms with Gasteiger partial charge < -0.3 is 14.6 Å². The van der Waals surface area contributed by atoms with E-state index in [1.54, 1.807) is 30.3 Å². The number of benzene rings is 2. The van der Waals surface area contributed by atoms with Crippen LogP contribution in [0.4, 0.5) is 5.69 Å². The highest BCUT2D eigenvalue weighted by molar-refractivity contribution is 6.30. The first-order chi connectivity index (χ1) is 13.9. The van der Waals surface area contributed by atoms with Gasteiger partial charge in [0.15, 0.2) is 6.10 Å². The second-order valence-electron chi connectivity index (χ2n) is 6.51. The summed E-state index contributed by atoms with van der Waals surface area (Å²) in [5, 5.41) is 7.22. The maximum absolute atomic E-state index is 12.2. The van der Waals surface area contributed by atoms with Gasteiger partial charge in [-0.15, -0.1) is 0 Å². The SMILES string of the molecule is Cc1cccc(NC(=O)C(C)OC(=O)CCc2nc(-c3ccc(Cl)cc3)no2)c1. The van der Waals surface area contributed by atoms with Gasteiger partial charge >= 0.3 is 5.97 Å². The van der Waals surface area contributed by atoms with Gasteiger partial charge in [-0.3, -0.25) is 9.59 Å². The zero-order valence-electron chi connectivity index (χ0n) is 16.0. The largest absolute Gasteiger partial charge is 0.453 e. The molecule has 29 heavy (non-hydrogen) atoms. The number of amides is 1. The quantitative estimate of drug-likeness (QED) is 0.583. The molecule has 3 aromatic rings. The predicted octanol–water partition coefficient (Wildman–Crippen LogP) is 4.20. The fourth-order valence-corrected chi connectivity index (χ4v) is 2.68. The van der Waals surface area contributed by atoms with E-state index in [0.29, 0.717) is 22.4 Å². The Bertz CT molecular complexity index is 1000. The first-order valence-corrected chi connectivity index (χ1v) is 9.44. The van der Waals surface area contributed by atoms with Crippen molar-refractivity contribution in [2.45, 2.75) is 32.8 Å². The average molecular weight is 414 g/mol. The number of halogens is 1. The maximum Gasteiger partial charge on any atom is 0.307 e. The molecule has 0 radical (unpaired) electrons. The molecule has 1 atom stereocenters. The molecule has 1 unspecified atom stereocenters. The van der Waals surface area contributed by atoms with Crippen LogP contribution in [-0.2, 0) is 20.7 Å². The lowest BCUT2D eigenvalue weighted by Crippen LogP contribution is -2.30. The minimum Gasteiger partial charge on any atom is -0.453 e. The summed E-state index contributed by atoms with van der Waals surface area (Å²) >= 11 is 5.86. The van der Waals surface area contributed by atoms with Crippen LogP contribution in [0.15, 0.2) is 53.1 Å². The highest BCUT2D eigenvalue weighted by Gasteiger charge is 2.19. The van der Waals surface area contributed by atoms with Crippen LogP contribution < -0.4 is 5.32 Å². The highest BCUT2D eigenvalue weighted by atomic mass is 35.5. The van der Waals surface area contributed by atoms with Gasteiger partial charge in [-0.1, -0.05) is 28.9 Å². The van der Waals surface area contributed by atoms with Gasteiger partial charge in [0, 0.05) is 22.7 Å². The van der Waals surface area contributed by atoms with Crippen molar-refractivity contribution >= 4 is 29.2 Å². The Kier molecular flexibility index (Phi) is 6.61. The second-order valence-corrected chi connectivity index (χ2v) is 6.95. The van der Waals surface area contributed by atoms with E-state index in [-0.39, 0.29) is 12.8 Å². The number of nitrogens with zero attached hydrogens (tertiary/aromatic N) is 2. The minimum atomic E-state index is -0.921. The summed E-state index contributed by atoms with van der Waals surface area (Å²) in [6.07, 6.45) is -0.689. The van der Waals surface area contributed by atoms with Gasteiger partial charge in [-0.2, -0.15) is 4.98 Å². The van der Waals surface area contributed by atoms with Crippen LogP contribution in [0.3, 0.4) is 0 Å². The molecule has 1 heterocycles. The van der Waals surface area contributed by atoms with Crippen molar-refractivity contribution < 1.29 is 18.8 Å². The molecule has 0 aliphatic rings. The number of carbonyl (C=O) groups is 2. The Morgan fingerprint density at radius 1 is 1.21 bits per heavy atom. The number of rotatable bonds is 7. The monoisotopic (exact) mass is 413 g/mol. The Morgan fingerprint density at radius 3 is 2.69 bits per heavy atom. The lowest BCUT2D eigenvalue weighted by Gasteiger charge is -2.13. The molecule has 1 aromatic heterocycles. The van der Waals surface area contributed by atoms with Crippen molar-refractivity contribution in [2.24, 2.45) is 0 Å². The number of hydrogen-bond acceptors (Lipinski definition) is 6. The van der Waals surface area contributed by atoms with E-state index in [9.17, 15) is 9.59 Å². The highest BCUT2D eigenvalue weighted by Crippen LogP contribution is 2.19. The third-order valence-electron chi connectivity index (χ3n) is 4.08. The Morgan fingerprint density at radius 2 is 1.97 bits per heavy atom. The Labute approximate surface area is 173 Å². The first kappa shape index (κ1) is 20.5. The van der Waals surface area contributed by atoms with Crippen molar-refractivity contribution in [1.29, 1.82) is 0 Å². The standard InChI is InChI=1S/C21H20ClN3O4/c1-13-4-3-5-17(12-13)23-21(27)14(2)28-19(26)11-10-18-24-20(25-29-18)15-6-8-16(22)9-7-15/h3-9,12,14H,10-11H2,1-2H3,(H,23,27). The molecule has 7 nitrogen and oxygen atoms in total. The topological polar surface area (TPSA) is 94.3 Å². The molecule has 0 aliphatic heterocycles. The average Bonchev–Trinajstić information content (AvgIpc) is 3.16. The molecule has 0 saturated heterocycles. The van der Waals surface area contributed by atoms with Crippen LogP contribution in [0.1, 0.15) is 24.8 Å². The van der Waals surface area contributed by atoms with E-state index >= 15 is 0 Å². The maximum atomic E-state index is 12.2. The molecule has 3 rings (SSSR count). The zero-order chi connectivity index (χ0) is 20.8. The summed E-state index contributed by atoms with van der Waals surface area (Å²) in [6.45, 7) is 3.45. The summed E-state index contributed by atoms with van der Waals surface area (Å²) in [7, 11) is 0. The first-order valence-electron chi connectivity index (χ1n) is 9.06. The number of carbonyl (C=O) groups excluding carboxylic acids is 2. The van der Waals surface area contributed by atoms with Crippen molar-refractivity contribution in [3.63, 3.8) is 0 Å². The lowest BCUT2D eigenvalue weighted by molar-refractivity contribution is -0.153. The van der Waals surface area contributed by atoms with Crippen LogP contribution in [-0.4, -0.2) is 28.1 Å². The lowest BCUT2D eigenvalue weighted by atomic mass is 10.2. The normalized spacial score (nSPS) is 11.7. The van der Waals surface area contributed by atoms with Gasteiger partial charge in [0.2, 0.25) is 11.7 Å². The molecule has 0 bridgehead atoms. The van der Waals surface area contributed by atoms with Gasteiger partial charge in [0.05, 0.1) is 6.42 Å². The molecular formula is C21H20ClN3O4. The van der Waals surface area contributed by atoms with Crippen LogP contribution in [0.5, 0.6) is 0 Å². The molecule has 1 amide bonds. The third-order valence-corrected chi connectivity index (χ3v) is 4.33. The van der Waals surface area contributed by atoms with E-state index in [1.807, 2.05) is 25.1 Å². The predicted molar refractivity (Wildman–Crippen MR) is 108 cm³/mol. The minimum absolute atomic E-state index is 0.0182. The summed E-state index contributed by atoms with van der Waals surface area (Å²) in [5.41, 5.74) is 2.43. The molecule has 0 spiro atoms. The van der Waals surface area contributed by atoms with Crippen LogP contribution in [0.2, 0.25) is 5.02 Å². The van der Waals surface area contributed by atoms with E-state index in [1.165, 1.54) is 6.92 Å². The number of nitrogens with one attached hydrogen (secondary N) is 1. The van der Waals surface area contributed by atoms with Crippen LogP contribution in [0, 0.1) is 6.92 Å². The fraction of sp³-hybridized carbons (Fsp3) is 0.238. The number of hydrogen-bond donors (Lipinski definition) is 1. The summed E-state index contributed by atoms with van der Waals surface area (Å²) in [4.78, 5) is 28.5. The van der Waals surface area contributed by atoms with E-state index in [0.717, 1.165) is 11.1 Å². The van der Waals surface area contributed by atoms with Gasteiger partial charge in [0.1, 0.15) is 0 Å². The molecule has 0 saturated carbocycles. The van der Waals surface area contributed by atoms with Crippen molar-refractivity contribution in [1.82, 2.24) is 10.1 Å². The number of ether oxygens (including phenoxy) is 1. The Hall–Kier alpha value is -3.19. The van der Waals surface area contributed by atoms with E-state index < -0.39 is 18.0 Å². The smallest absolute Gasteiger partial charge is 0.307 e. The number of aryl methyl sites for hydroxylation is 2. The van der Waals surface area contributed by atoms with Crippen molar-refractivity contribution in [3.8, 4) is 11.4 Å². The summed E-state index contributed by atoms with van der Waals surface area (Å²) < 4.78 is 10.3. The molecule has 1 N–H and O–H groups in total.